The standard InChI is InChI=1S/C17H21N3/c1-12-6-2-3-9-14(12)17(20-18)15-10-4-7-13-8-5-11-19-16(13)15/h2-3,5-6,8-9,11,15,17,20H,4,7,10,18H2,1H3. The lowest BCUT2D eigenvalue weighted by Crippen LogP contribution is -2.34. The van der Waals surface area contributed by atoms with E-state index in [2.05, 4.69) is 47.7 Å². The number of nitrogens with one attached hydrogen (secondary N) is 1. The Bertz CT molecular complexity index is 594. The van der Waals surface area contributed by atoms with Gasteiger partial charge in [-0.15, -0.1) is 0 Å². The van der Waals surface area contributed by atoms with Crippen LogP contribution in [-0.2, 0) is 6.42 Å². The number of aryl methyl sites for hydroxylation is 2. The Morgan fingerprint density at radius 2 is 2.10 bits per heavy atom. The summed E-state index contributed by atoms with van der Waals surface area (Å²) in [6.07, 6.45) is 5.36. The smallest absolute Gasteiger partial charge is 0.0546 e. The van der Waals surface area contributed by atoms with Crippen LogP contribution in [-0.4, -0.2) is 4.98 Å². The van der Waals surface area contributed by atoms with Gasteiger partial charge in [-0.05, 0) is 48.9 Å². The summed E-state index contributed by atoms with van der Waals surface area (Å²) in [6, 6.07) is 12.8. The Hall–Kier alpha value is -1.71. The molecule has 1 aromatic carbocycles. The molecule has 0 amide bonds. The van der Waals surface area contributed by atoms with Crippen LogP contribution in [0.25, 0.3) is 0 Å². The minimum atomic E-state index is 0.130. The zero-order valence-electron chi connectivity index (χ0n) is 11.8. The van der Waals surface area contributed by atoms with E-state index in [1.54, 1.807) is 0 Å². The third kappa shape index (κ3) is 2.35. The number of hydrazine groups is 1. The van der Waals surface area contributed by atoms with Crippen molar-refractivity contribution in [2.45, 2.75) is 38.1 Å². The number of rotatable bonds is 3. The molecule has 0 bridgehead atoms. The number of hydrogen-bond donors (Lipinski definition) is 2. The SMILES string of the molecule is Cc1ccccc1C(NN)C1CCCc2cccnc21. The van der Waals surface area contributed by atoms with Crippen LogP contribution in [0.2, 0.25) is 0 Å². The van der Waals surface area contributed by atoms with Gasteiger partial charge in [0.05, 0.1) is 6.04 Å². The molecule has 0 saturated heterocycles. The molecule has 3 N–H and O–H groups in total. The number of nitrogens with zero attached hydrogens (tertiary/aromatic N) is 1. The molecule has 1 heterocycles. The predicted octanol–water partition coefficient (Wildman–Crippen LogP) is 3.01. The fourth-order valence-electron chi connectivity index (χ4n) is 3.33. The van der Waals surface area contributed by atoms with Crippen molar-refractivity contribution >= 4 is 0 Å². The van der Waals surface area contributed by atoms with E-state index in [1.807, 2.05) is 12.3 Å². The second kappa shape index (κ2) is 5.73. The van der Waals surface area contributed by atoms with Gasteiger partial charge >= 0.3 is 0 Å². The van der Waals surface area contributed by atoms with Crippen LogP contribution in [0, 0.1) is 6.92 Å². The summed E-state index contributed by atoms with van der Waals surface area (Å²) in [7, 11) is 0. The lowest BCUT2D eigenvalue weighted by Gasteiger charge is -2.32. The summed E-state index contributed by atoms with van der Waals surface area (Å²) >= 11 is 0. The number of hydrogen-bond acceptors (Lipinski definition) is 3. The molecule has 3 nitrogen and oxygen atoms in total. The third-order valence-corrected chi connectivity index (χ3v) is 4.34. The molecule has 20 heavy (non-hydrogen) atoms. The maximum absolute atomic E-state index is 5.88. The molecule has 0 radical (unpaired) electrons. The maximum atomic E-state index is 5.88. The summed E-state index contributed by atoms with van der Waals surface area (Å²) in [5.41, 5.74) is 8.17. The van der Waals surface area contributed by atoms with Crippen LogP contribution >= 0.6 is 0 Å². The summed E-state index contributed by atoms with van der Waals surface area (Å²) in [5.74, 6) is 6.24. The summed E-state index contributed by atoms with van der Waals surface area (Å²) in [6.45, 7) is 2.14. The van der Waals surface area contributed by atoms with Gasteiger partial charge in [-0.25, -0.2) is 0 Å². The molecule has 0 aliphatic heterocycles. The first-order valence-electron chi connectivity index (χ1n) is 7.26. The van der Waals surface area contributed by atoms with Crippen molar-refractivity contribution < 1.29 is 0 Å². The molecular weight excluding hydrogens is 246 g/mol. The van der Waals surface area contributed by atoms with Crippen LogP contribution in [0.4, 0.5) is 0 Å². The first kappa shape index (κ1) is 13.3. The zero-order valence-corrected chi connectivity index (χ0v) is 11.8. The Labute approximate surface area is 120 Å². The zero-order chi connectivity index (χ0) is 13.9. The molecule has 0 spiro atoms. The third-order valence-electron chi connectivity index (χ3n) is 4.34. The normalized spacial score (nSPS) is 19.4. The Morgan fingerprint density at radius 3 is 2.90 bits per heavy atom. The lowest BCUT2D eigenvalue weighted by molar-refractivity contribution is 0.398. The van der Waals surface area contributed by atoms with E-state index >= 15 is 0 Å². The van der Waals surface area contributed by atoms with Crippen LogP contribution in [0.1, 0.15) is 47.2 Å². The lowest BCUT2D eigenvalue weighted by atomic mass is 9.79. The van der Waals surface area contributed by atoms with E-state index in [4.69, 9.17) is 5.84 Å². The van der Waals surface area contributed by atoms with Crippen LogP contribution in [0.3, 0.4) is 0 Å². The highest BCUT2D eigenvalue weighted by Crippen LogP contribution is 2.39. The van der Waals surface area contributed by atoms with Crippen molar-refractivity contribution in [3.05, 3.63) is 65.0 Å². The van der Waals surface area contributed by atoms with Gasteiger partial charge in [-0.1, -0.05) is 30.3 Å². The molecule has 3 heteroatoms. The van der Waals surface area contributed by atoms with Gasteiger partial charge in [-0.2, -0.15) is 0 Å². The van der Waals surface area contributed by atoms with E-state index in [0.717, 1.165) is 12.8 Å². The van der Waals surface area contributed by atoms with Gasteiger partial charge in [0.25, 0.3) is 0 Å². The molecule has 0 fully saturated rings. The van der Waals surface area contributed by atoms with Crippen molar-refractivity contribution in [1.29, 1.82) is 0 Å². The Kier molecular flexibility index (Phi) is 3.81. The Morgan fingerprint density at radius 1 is 1.25 bits per heavy atom. The molecule has 1 aliphatic rings. The second-order valence-corrected chi connectivity index (χ2v) is 5.55. The van der Waals surface area contributed by atoms with Crippen molar-refractivity contribution in [2.75, 3.05) is 0 Å². The minimum Gasteiger partial charge on any atom is -0.271 e. The average molecular weight is 267 g/mol. The molecule has 1 aliphatic carbocycles. The largest absolute Gasteiger partial charge is 0.271 e. The number of benzene rings is 1. The maximum Gasteiger partial charge on any atom is 0.0546 e. The van der Waals surface area contributed by atoms with E-state index in [-0.39, 0.29) is 6.04 Å². The van der Waals surface area contributed by atoms with Crippen molar-refractivity contribution in [2.24, 2.45) is 5.84 Å². The molecule has 2 atom stereocenters. The molecule has 1 aromatic heterocycles. The molecule has 104 valence electrons. The van der Waals surface area contributed by atoms with Crippen LogP contribution in [0.5, 0.6) is 0 Å². The summed E-state index contributed by atoms with van der Waals surface area (Å²) in [5, 5.41) is 0. The number of fused-ring (bicyclic) bond motifs is 1. The second-order valence-electron chi connectivity index (χ2n) is 5.55. The molecular formula is C17H21N3. The van der Waals surface area contributed by atoms with E-state index in [9.17, 15) is 0 Å². The van der Waals surface area contributed by atoms with Gasteiger partial charge < -0.3 is 0 Å². The van der Waals surface area contributed by atoms with Crippen molar-refractivity contribution in [3.63, 3.8) is 0 Å². The first-order chi connectivity index (χ1) is 9.81. The number of pyridine rings is 1. The number of aromatic nitrogens is 1. The van der Waals surface area contributed by atoms with Gasteiger partial charge in [0.2, 0.25) is 0 Å². The van der Waals surface area contributed by atoms with E-state index in [1.165, 1.54) is 28.8 Å². The van der Waals surface area contributed by atoms with E-state index < -0.39 is 0 Å². The topological polar surface area (TPSA) is 50.9 Å². The highest BCUT2D eigenvalue weighted by molar-refractivity contribution is 5.35. The van der Waals surface area contributed by atoms with E-state index in [0.29, 0.717) is 5.92 Å². The quantitative estimate of drug-likeness (QED) is 0.664. The van der Waals surface area contributed by atoms with Gasteiger partial charge in [0, 0.05) is 17.8 Å². The molecule has 0 saturated carbocycles. The van der Waals surface area contributed by atoms with Crippen LogP contribution in [0.15, 0.2) is 42.6 Å². The predicted molar refractivity (Wildman–Crippen MR) is 81.2 cm³/mol. The fourth-order valence-corrected chi connectivity index (χ4v) is 3.33. The van der Waals surface area contributed by atoms with Crippen LogP contribution < -0.4 is 11.3 Å². The van der Waals surface area contributed by atoms with Gasteiger partial charge in [0.15, 0.2) is 0 Å². The monoisotopic (exact) mass is 267 g/mol. The van der Waals surface area contributed by atoms with Crippen molar-refractivity contribution in [3.8, 4) is 0 Å². The molecule has 3 rings (SSSR count). The minimum absolute atomic E-state index is 0.130. The van der Waals surface area contributed by atoms with Gasteiger partial charge in [0.1, 0.15) is 0 Å². The highest BCUT2D eigenvalue weighted by Gasteiger charge is 2.30. The first-order valence-corrected chi connectivity index (χ1v) is 7.26. The molecule has 2 aromatic rings. The average Bonchev–Trinajstić information content (AvgIpc) is 2.50. The summed E-state index contributed by atoms with van der Waals surface area (Å²) in [4.78, 5) is 4.63. The molecule has 2 unspecified atom stereocenters. The summed E-state index contributed by atoms with van der Waals surface area (Å²) < 4.78 is 0. The highest BCUT2D eigenvalue weighted by atomic mass is 15.2. The van der Waals surface area contributed by atoms with Crippen molar-refractivity contribution in [1.82, 2.24) is 10.4 Å². The fraction of sp³-hybridized carbons (Fsp3) is 0.353. The van der Waals surface area contributed by atoms with Gasteiger partial charge in [-0.3, -0.25) is 16.3 Å². The number of nitrogens with two attached hydrogens (primary N) is 1. The Balaban J connectivity index is 2.01.